The monoisotopic (exact) mass is 951 g/mol. The molecule has 0 radical (unpaired) electrons. The molecule has 0 amide bonds. The molecule has 0 spiro atoms. The lowest BCUT2D eigenvalue weighted by atomic mass is 9.85. The molecule has 0 aliphatic rings. The Morgan fingerprint density at radius 1 is 0.338 bits per heavy atom. The van der Waals surface area contributed by atoms with Crippen molar-refractivity contribution in [1.82, 2.24) is 13.8 Å². The van der Waals surface area contributed by atoms with E-state index in [1.165, 1.54) is 81.5 Å². The van der Waals surface area contributed by atoms with Crippen LogP contribution < -0.4 is 9.80 Å². The minimum atomic E-state index is -0.136. The van der Waals surface area contributed by atoms with Gasteiger partial charge in [-0.3, -0.25) is 4.40 Å². The third kappa shape index (κ3) is 6.01. The highest BCUT2D eigenvalue weighted by atomic mass is 15.2. The number of fused-ring (bicyclic) bond motifs is 16. The van der Waals surface area contributed by atoms with Crippen LogP contribution in [-0.4, -0.2) is 13.8 Å². The second kappa shape index (κ2) is 15.3. The number of nitrogens with zero attached hydrogens (tertiary/aromatic N) is 5. The van der Waals surface area contributed by atoms with Gasteiger partial charge in [-0.15, -0.1) is 0 Å². The van der Waals surface area contributed by atoms with Gasteiger partial charge in [-0.05, 0) is 134 Å². The molecule has 15 rings (SSSR count). The zero-order chi connectivity index (χ0) is 49.8. The van der Waals surface area contributed by atoms with Crippen molar-refractivity contribution in [2.75, 3.05) is 9.80 Å². The van der Waals surface area contributed by atoms with Crippen LogP contribution in [-0.2, 0) is 10.8 Å². The molecule has 10 aromatic carbocycles. The van der Waals surface area contributed by atoms with Crippen molar-refractivity contribution in [2.45, 2.75) is 52.4 Å². The van der Waals surface area contributed by atoms with Crippen LogP contribution in [0, 0.1) is 0 Å². The molecule has 0 fully saturated rings. The van der Waals surface area contributed by atoms with Gasteiger partial charge >= 0.3 is 0 Å². The Morgan fingerprint density at radius 3 is 1.16 bits per heavy atom. The Labute approximate surface area is 429 Å². The molecule has 354 valence electrons. The zero-order valence-corrected chi connectivity index (χ0v) is 42.4. The van der Waals surface area contributed by atoms with Gasteiger partial charge in [-0.2, -0.15) is 0 Å². The van der Waals surface area contributed by atoms with E-state index >= 15 is 0 Å². The molecule has 5 heteroatoms. The first kappa shape index (κ1) is 42.7. The van der Waals surface area contributed by atoms with Crippen LogP contribution in [0.5, 0.6) is 0 Å². The predicted octanol–water partition coefficient (Wildman–Crippen LogP) is 19.2. The number of aromatic nitrogens is 3. The maximum atomic E-state index is 6.12. The number of pyridine rings is 1. The van der Waals surface area contributed by atoms with E-state index < -0.39 is 0 Å². The summed E-state index contributed by atoms with van der Waals surface area (Å²) in [5.74, 6) is 0. The molecule has 0 saturated heterocycles. The number of rotatable bonds is 6. The molecule has 74 heavy (non-hydrogen) atoms. The first-order valence-electron chi connectivity index (χ1n) is 26.0. The van der Waals surface area contributed by atoms with Crippen LogP contribution in [0.2, 0.25) is 0 Å². The van der Waals surface area contributed by atoms with E-state index in [0.717, 1.165) is 61.7 Å². The van der Waals surface area contributed by atoms with Crippen molar-refractivity contribution in [3.05, 3.63) is 223 Å². The minimum absolute atomic E-state index is 0.129. The molecule has 5 aromatic heterocycles. The summed E-state index contributed by atoms with van der Waals surface area (Å²) >= 11 is 0. The van der Waals surface area contributed by atoms with E-state index in [1.807, 2.05) is 0 Å². The normalized spacial score (nSPS) is 12.7. The van der Waals surface area contributed by atoms with Gasteiger partial charge in [0.1, 0.15) is 5.65 Å². The average molecular weight is 952 g/mol. The van der Waals surface area contributed by atoms with Gasteiger partial charge in [0.25, 0.3) is 0 Å². The van der Waals surface area contributed by atoms with Crippen LogP contribution in [0.25, 0.3) is 98.0 Å². The molecule has 0 atom stereocenters. The fourth-order valence-electron chi connectivity index (χ4n) is 12.4. The highest BCUT2D eigenvalue weighted by molar-refractivity contribution is 6.34. The molecule has 0 aliphatic heterocycles. The summed E-state index contributed by atoms with van der Waals surface area (Å²) in [5, 5.41) is 13.4. The number of benzene rings is 10. The Morgan fingerprint density at radius 2 is 0.716 bits per heavy atom. The van der Waals surface area contributed by atoms with Gasteiger partial charge in [0, 0.05) is 60.5 Å². The summed E-state index contributed by atoms with van der Waals surface area (Å²) in [7, 11) is 0. The van der Waals surface area contributed by atoms with Gasteiger partial charge in [0.15, 0.2) is 0 Å². The van der Waals surface area contributed by atoms with Crippen molar-refractivity contribution in [2.24, 2.45) is 0 Å². The van der Waals surface area contributed by atoms with Crippen molar-refractivity contribution >= 4 is 132 Å². The second-order valence-electron chi connectivity index (χ2n) is 22.4. The van der Waals surface area contributed by atoms with Crippen LogP contribution in [0.1, 0.15) is 52.7 Å². The van der Waals surface area contributed by atoms with E-state index in [-0.39, 0.29) is 10.8 Å². The van der Waals surface area contributed by atoms with Gasteiger partial charge < -0.3 is 14.2 Å². The van der Waals surface area contributed by atoms with Crippen LogP contribution in [0.3, 0.4) is 0 Å². The van der Waals surface area contributed by atoms with Crippen LogP contribution in [0.15, 0.2) is 212 Å². The lowest BCUT2D eigenvalue weighted by Crippen LogP contribution is -2.11. The molecule has 5 heterocycles. The molecule has 15 aromatic rings. The Balaban J connectivity index is 1.18. The lowest BCUT2D eigenvalue weighted by Gasteiger charge is -2.27. The Hall–Kier alpha value is -8.93. The van der Waals surface area contributed by atoms with Crippen molar-refractivity contribution in [3.8, 4) is 0 Å². The molecule has 0 aliphatic carbocycles. The van der Waals surface area contributed by atoms with Crippen molar-refractivity contribution in [1.29, 1.82) is 0 Å². The number of para-hydroxylation sites is 4. The zero-order valence-electron chi connectivity index (χ0n) is 42.4. The van der Waals surface area contributed by atoms with E-state index in [2.05, 4.69) is 272 Å². The molecular weight excluding hydrogens is 899 g/mol. The minimum Gasteiger partial charge on any atom is -0.308 e. The average Bonchev–Trinajstić information content (AvgIpc) is 4.23. The number of anilines is 6. The summed E-state index contributed by atoms with van der Waals surface area (Å²) in [6, 6.07) is 78.5. The predicted molar refractivity (Wildman–Crippen MR) is 315 cm³/mol. The SMILES string of the molecule is CC(C)(C)c1cc2c3nc4c(cc3n3c5c(N(c6ccccc6)c6ccccc6)cc6ccccc6c5c(c1)c23)c1cc(C(C)(C)C)cc2c3c5ccccc5cc(N(c5ccccc5)c5ccccc5)c3n4c12. The summed E-state index contributed by atoms with van der Waals surface area (Å²) < 4.78 is 5.11. The van der Waals surface area contributed by atoms with Gasteiger partial charge in [-0.25, -0.2) is 4.98 Å². The molecule has 0 bridgehead atoms. The second-order valence-corrected chi connectivity index (χ2v) is 22.4. The highest BCUT2D eigenvalue weighted by Crippen LogP contribution is 2.53. The smallest absolute Gasteiger partial charge is 0.146 e. The van der Waals surface area contributed by atoms with Gasteiger partial charge in [0.05, 0.1) is 44.5 Å². The lowest BCUT2D eigenvalue weighted by molar-refractivity contribution is 0.591. The van der Waals surface area contributed by atoms with Gasteiger partial charge in [0.2, 0.25) is 0 Å². The standard InChI is InChI=1S/C69H53N5/c1-68(2,3)44-37-52-53-41-57-62(70-67(53)74-63(52)54(38-44)61-51-34-22-20-24-43(51)36-59(66(61)74)72(48-29-15-9-16-30-48)49-31-17-10-18-32-49)56-40-45(69(4,5)6)39-55-60-50-33-21-19-23-42(50)35-58(65(60)73(57)64(55)56)71(46-25-11-7-12-26-46)47-27-13-8-14-28-47/h7-41H,1-6H3. The van der Waals surface area contributed by atoms with E-state index in [0.29, 0.717) is 0 Å². The maximum absolute atomic E-state index is 6.12. The van der Waals surface area contributed by atoms with Crippen molar-refractivity contribution in [3.63, 3.8) is 0 Å². The van der Waals surface area contributed by atoms with E-state index in [1.54, 1.807) is 0 Å². The fraction of sp³-hybridized carbons (Fsp3) is 0.116. The molecular formula is C69H53N5. The summed E-state index contributed by atoms with van der Waals surface area (Å²) in [5.41, 5.74) is 16.8. The first-order chi connectivity index (χ1) is 36.0. The topological polar surface area (TPSA) is 28.2 Å². The summed E-state index contributed by atoms with van der Waals surface area (Å²) in [6.07, 6.45) is 0. The third-order valence-corrected chi connectivity index (χ3v) is 15.9. The molecule has 0 saturated carbocycles. The Kier molecular flexibility index (Phi) is 8.83. The first-order valence-corrected chi connectivity index (χ1v) is 26.0. The quantitative estimate of drug-likeness (QED) is 0.166. The number of hydrogen-bond acceptors (Lipinski definition) is 3. The molecule has 0 N–H and O–H groups in total. The van der Waals surface area contributed by atoms with Crippen LogP contribution >= 0.6 is 0 Å². The fourth-order valence-corrected chi connectivity index (χ4v) is 12.4. The highest BCUT2D eigenvalue weighted by Gasteiger charge is 2.32. The summed E-state index contributed by atoms with van der Waals surface area (Å²) in [6.45, 7) is 14.0. The maximum Gasteiger partial charge on any atom is 0.146 e. The van der Waals surface area contributed by atoms with Gasteiger partial charge in [-0.1, -0.05) is 163 Å². The molecule has 5 nitrogen and oxygen atoms in total. The van der Waals surface area contributed by atoms with E-state index in [9.17, 15) is 0 Å². The van der Waals surface area contributed by atoms with Crippen molar-refractivity contribution < 1.29 is 0 Å². The van der Waals surface area contributed by atoms with Crippen LogP contribution in [0.4, 0.5) is 34.1 Å². The third-order valence-electron chi connectivity index (χ3n) is 15.9. The largest absolute Gasteiger partial charge is 0.308 e. The number of hydrogen-bond donors (Lipinski definition) is 0. The molecule has 0 unspecified atom stereocenters. The Bertz CT molecular complexity index is 4330. The summed E-state index contributed by atoms with van der Waals surface area (Å²) in [4.78, 5) is 11.0. The van der Waals surface area contributed by atoms with E-state index in [4.69, 9.17) is 4.98 Å².